The van der Waals surface area contributed by atoms with Crippen LogP contribution in [0.15, 0.2) is 29.2 Å². The second-order valence-electron chi connectivity index (χ2n) is 6.25. The number of nitrogens with zero attached hydrogens (tertiary/aromatic N) is 1. The summed E-state index contributed by atoms with van der Waals surface area (Å²) in [6.45, 7) is 6.37. The van der Waals surface area contributed by atoms with Gasteiger partial charge >= 0.3 is 0 Å². The third-order valence-corrected chi connectivity index (χ3v) is 6.59. The fraction of sp³-hybridized carbons (Fsp3) is 0.625. The van der Waals surface area contributed by atoms with E-state index in [0.717, 1.165) is 24.8 Å². The zero-order valence-corrected chi connectivity index (χ0v) is 14.0. The van der Waals surface area contributed by atoms with Gasteiger partial charge in [-0.1, -0.05) is 32.4 Å². The Hall–Kier alpha value is -0.910. The standard InChI is InChI=1S/C16H26N2O2S/c1-4-16(2)8-10-18(11-9-16)21(19,20)15-7-5-6-14(12-15)13-17-3/h5-7,12,17H,4,8-11,13H2,1-3H3. The molecular weight excluding hydrogens is 284 g/mol. The Balaban J connectivity index is 2.17. The predicted molar refractivity (Wildman–Crippen MR) is 85.6 cm³/mol. The van der Waals surface area contributed by atoms with Gasteiger partial charge in [0.2, 0.25) is 10.0 Å². The second-order valence-corrected chi connectivity index (χ2v) is 8.18. The van der Waals surface area contributed by atoms with Crippen LogP contribution in [-0.2, 0) is 16.6 Å². The summed E-state index contributed by atoms with van der Waals surface area (Å²) in [6.07, 6.45) is 3.00. The van der Waals surface area contributed by atoms with Crippen molar-refractivity contribution >= 4 is 10.0 Å². The van der Waals surface area contributed by atoms with Crippen molar-refractivity contribution in [2.75, 3.05) is 20.1 Å². The van der Waals surface area contributed by atoms with E-state index in [0.29, 0.717) is 29.9 Å². The molecule has 1 aromatic carbocycles. The molecule has 0 bridgehead atoms. The van der Waals surface area contributed by atoms with Crippen LogP contribution < -0.4 is 5.32 Å². The molecule has 0 aromatic heterocycles. The van der Waals surface area contributed by atoms with Crippen LogP contribution in [0.4, 0.5) is 0 Å². The Labute approximate surface area is 128 Å². The molecule has 21 heavy (non-hydrogen) atoms. The first kappa shape index (κ1) is 16.5. The third kappa shape index (κ3) is 3.65. The lowest BCUT2D eigenvalue weighted by atomic mass is 9.79. The van der Waals surface area contributed by atoms with Crippen molar-refractivity contribution in [1.82, 2.24) is 9.62 Å². The SMILES string of the molecule is CCC1(C)CCN(S(=O)(=O)c2cccc(CNC)c2)CC1. The van der Waals surface area contributed by atoms with Gasteiger partial charge in [-0.2, -0.15) is 4.31 Å². The third-order valence-electron chi connectivity index (χ3n) is 4.70. The highest BCUT2D eigenvalue weighted by atomic mass is 32.2. The Kier molecular flexibility index (Phi) is 5.07. The van der Waals surface area contributed by atoms with Crippen LogP contribution in [0.5, 0.6) is 0 Å². The van der Waals surface area contributed by atoms with Gasteiger partial charge in [0.25, 0.3) is 0 Å². The fourth-order valence-electron chi connectivity index (χ4n) is 2.79. The summed E-state index contributed by atoms with van der Waals surface area (Å²) in [5, 5.41) is 3.05. The number of nitrogens with one attached hydrogen (secondary N) is 1. The lowest BCUT2D eigenvalue weighted by Gasteiger charge is -2.38. The quantitative estimate of drug-likeness (QED) is 0.909. The highest BCUT2D eigenvalue weighted by Crippen LogP contribution is 2.35. The summed E-state index contributed by atoms with van der Waals surface area (Å²) >= 11 is 0. The Bertz CT molecular complexity index is 576. The zero-order chi connectivity index (χ0) is 15.5. The predicted octanol–water partition coefficient (Wildman–Crippen LogP) is 2.61. The van der Waals surface area contributed by atoms with Gasteiger partial charge in [-0.3, -0.25) is 0 Å². The number of benzene rings is 1. The van der Waals surface area contributed by atoms with E-state index in [9.17, 15) is 8.42 Å². The van der Waals surface area contributed by atoms with Crippen molar-refractivity contribution in [3.05, 3.63) is 29.8 Å². The smallest absolute Gasteiger partial charge is 0.243 e. The van der Waals surface area contributed by atoms with Gasteiger partial charge in [0.05, 0.1) is 4.90 Å². The summed E-state index contributed by atoms with van der Waals surface area (Å²) in [7, 11) is -1.50. The molecule has 1 aromatic rings. The van der Waals surface area contributed by atoms with Crippen LogP contribution in [0.1, 0.15) is 38.7 Å². The van der Waals surface area contributed by atoms with Crippen LogP contribution in [0.25, 0.3) is 0 Å². The first-order chi connectivity index (χ1) is 9.91. The summed E-state index contributed by atoms with van der Waals surface area (Å²) < 4.78 is 27.1. The minimum Gasteiger partial charge on any atom is -0.316 e. The van der Waals surface area contributed by atoms with E-state index >= 15 is 0 Å². The molecule has 1 saturated heterocycles. The molecule has 1 fully saturated rings. The molecule has 0 atom stereocenters. The Morgan fingerprint density at radius 3 is 2.52 bits per heavy atom. The monoisotopic (exact) mass is 310 g/mol. The average Bonchev–Trinajstić information content (AvgIpc) is 2.48. The fourth-order valence-corrected chi connectivity index (χ4v) is 4.30. The molecule has 0 spiro atoms. The van der Waals surface area contributed by atoms with Crippen molar-refractivity contribution in [1.29, 1.82) is 0 Å². The highest BCUT2D eigenvalue weighted by molar-refractivity contribution is 7.89. The molecule has 0 unspecified atom stereocenters. The summed E-state index contributed by atoms with van der Waals surface area (Å²) in [5.41, 5.74) is 1.29. The molecular formula is C16H26N2O2S. The zero-order valence-electron chi connectivity index (χ0n) is 13.2. The molecule has 0 amide bonds. The molecule has 0 saturated carbocycles. The van der Waals surface area contributed by atoms with Gasteiger partial charge in [-0.05, 0) is 43.0 Å². The van der Waals surface area contributed by atoms with Crippen molar-refractivity contribution in [3.8, 4) is 0 Å². The van der Waals surface area contributed by atoms with E-state index in [1.54, 1.807) is 16.4 Å². The number of sulfonamides is 1. The van der Waals surface area contributed by atoms with E-state index in [1.165, 1.54) is 0 Å². The largest absolute Gasteiger partial charge is 0.316 e. The average molecular weight is 310 g/mol. The molecule has 1 aliphatic rings. The van der Waals surface area contributed by atoms with Crippen LogP contribution in [0.2, 0.25) is 0 Å². The first-order valence-corrected chi connectivity index (χ1v) is 9.09. The van der Waals surface area contributed by atoms with Gasteiger partial charge in [0, 0.05) is 19.6 Å². The van der Waals surface area contributed by atoms with Crippen LogP contribution in [-0.4, -0.2) is 32.9 Å². The molecule has 2 rings (SSSR count). The summed E-state index contributed by atoms with van der Waals surface area (Å²) in [5.74, 6) is 0. The normalized spacial score (nSPS) is 19.6. The van der Waals surface area contributed by atoms with Gasteiger partial charge < -0.3 is 5.32 Å². The van der Waals surface area contributed by atoms with Gasteiger partial charge in [0.1, 0.15) is 0 Å². The maximum atomic E-state index is 12.7. The van der Waals surface area contributed by atoms with E-state index in [2.05, 4.69) is 19.2 Å². The van der Waals surface area contributed by atoms with E-state index in [4.69, 9.17) is 0 Å². The van der Waals surface area contributed by atoms with Crippen molar-refractivity contribution in [2.45, 2.75) is 44.6 Å². The first-order valence-electron chi connectivity index (χ1n) is 7.65. The van der Waals surface area contributed by atoms with E-state index < -0.39 is 10.0 Å². The second kappa shape index (κ2) is 6.46. The lowest BCUT2D eigenvalue weighted by Crippen LogP contribution is -2.41. The van der Waals surface area contributed by atoms with E-state index in [-0.39, 0.29) is 0 Å². The summed E-state index contributed by atoms with van der Waals surface area (Å²) in [6, 6.07) is 7.24. The minimum absolute atomic E-state index is 0.292. The highest BCUT2D eigenvalue weighted by Gasteiger charge is 2.34. The molecule has 5 heteroatoms. The maximum Gasteiger partial charge on any atom is 0.243 e. The number of hydrogen-bond donors (Lipinski definition) is 1. The number of hydrogen-bond acceptors (Lipinski definition) is 3. The molecule has 1 heterocycles. The van der Waals surface area contributed by atoms with E-state index in [1.807, 2.05) is 19.2 Å². The van der Waals surface area contributed by atoms with Crippen molar-refractivity contribution < 1.29 is 8.42 Å². The van der Waals surface area contributed by atoms with Gasteiger partial charge in [-0.15, -0.1) is 0 Å². The van der Waals surface area contributed by atoms with Gasteiger partial charge in [-0.25, -0.2) is 8.42 Å². The Morgan fingerprint density at radius 2 is 1.95 bits per heavy atom. The van der Waals surface area contributed by atoms with Crippen molar-refractivity contribution in [3.63, 3.8) is 0 Å². The maximum absolute atomic E-state index is 12.7. The van der Waals surface area contributed by atoms with Gasteiger partial charge in [0.15, 0.2) is 0 Å². The molecule has 0 aliphatic carbocycles. The number of piperidine rings is 1. The lowest BCUT2D eigenvalue weighted by molar-refractivity contribution is 0.169. The van der Waals surface area contributed by atoms with Crippen LogP contribution in [0.3, 0.4) is 0 Å². The molecule has 1 N–H and O–H groups in total. The topological polar surface area (TPSA) is 49.4 Å². The van der Waals surface area contributed by atoms with Crippen LogP contribution in [0, 0.1) is 5.41 Å². The summed E-state index contributed by atoms with van der Waals surface area (Å²) in [4.78, 5) is 0.412. The minimum atomic E-state index is -3.36. The molecule has 1 aliphatic heterocycles. The molecule has 118 valence electrons. The Morgan fingerprint density at radius 1 is 1.29 bits per heavy atom. The number of rotatable bonds is 5. The van der Waals surface area contributed by atoms with Crippen LogP contribution >= 0.6 is 0 Å². The molecule has 0 radical (unpaired) electrons. The molecule has 4 nitrogen and oxygen atoms in total. The van der Waals surface area contributed by atoms with Crippen molar-refractivity contribution in [2.24, 2.45) is 5.41 Å².